The van der Waals surface area contributed by atoms with E-state index in [9.17, 15) is 9.59 Å². The molecule has 1 aromatic heterocycles. The summed E-state index contributed by atoms with van der Waals surface area (Å²) in [6, 6.07) is 24.8. The summed E-state index contributed by atoms with van der Waals surface area (Å²) in [5, 5.41) is 3.78. The number of fused-ring (bicyclic) bond motifs is 1. The number of carbonyl (C=O) groups excluding carboxylic acids is 2. The number of aromatic nitrogens is 1. The third-order valence-corrected chi connectivity index (χ3v) is 6.61. The molecule has 1 aliphatic rings. The third-order valence-electron chi connectivity index (χ3n) is 6.61. The first-order valence-electron chi connectivity index (χ1n) is 12.6. The van der Waals surface area contributed by atoms with Crippen LogP contribution in [0.3, 0.4) is 0 Å². The quantitative estimate of drug-likeness (QED) is 0.354. The Labute approximate surface area is 222 Å². The largest absolute Gasteiger partial charge is 0.497 e. The van der Waals surface area contributed by atoms with Crippen LogP contribution in [0.4, 0.5) is 0 Å². The Hall–Kier alpha value is -4.78. The maximum absolute atomic E-state index is 13.7. The highest BCUT2D eigenvalue weighted by Crippen LogP contribution is 2.25. The average molecular weight is 507 g/mol. The molecule has 1 saturated heterocycles. The molecule has 1 aliphatic heterocycles. The summed E-state index contributed by atoms with van der Waals surface area (Å²) >= 11 is 0. The van der Waals surface area contributed by atoms with Gasteiger partial charge < -0.3 is 24.8 Å². The monoisotopic (exact) mass is 506 g/mol. The zero-order valence-electron chi connectivity index (χ0n) is 21.3. The predicted octanol–water partition coefficient (Wildman–Crippen LogP) is 4.76. The number of carbonyl (C=O) groups is 2. The van der Waals surface area contributed by atoms with Gasteiger partial charge in [-0.15, -0.1) is 0 Å². The van der Waals surface area contributed by atoms with E-state index in [1.165, 1.54) is 0 Å². The SMILES string of the molecule is COc1ccc2[nH]cc(/C=C(\NC(=O)c3ccccc3)C(=O)N3CCN(/C=C/c4ccccc4)CC3)c2c1. The standard InChI is InChI=1S/C31H30N4O3/c1-38-26-12-13-28-27(21-26)25(22-32-28)20-29(33-30(36)24-10-6-3-7-11-24)31(37)35-18-16-34(17-19-35)15-14-23-8-4-2-5-9-23/h2-15,20-22,32H,16-19H2,1H3,(H,33,36)/b15-14+,29-20-. The van der Waals surface area contributed by atoms with E-state index in [-0.39, 0.29) is 17.5 Å². The topological polar surface area (TPSA) is 77.7 Å². The minimum Gasteiger partial charge on any atom is -0.497 e. The third kappa shape index (κ3) is 5.78. The highest BCUT2D eigenvalue weighted by molar-refractivity contribution is 6.06. The number of amides is 2. The van der Waals surface area contributed by atoms with Crippen molar-refractivity contribution < 1.29 is 14.3 Å². The highest BCUT2D eigenvalue weighted by atomic mass is 16.5. The number of methoxy groups -OCH3 is 1. The van der Waals surface area contributed by atoms with Crippen LogP contribution in [-0.4, -0.2) is 59.9 Å². The highest BCUT2D eigenvalue weighted by Gasteiger charge is 2.24. The number of hydrogen-bond acceptors (Lipinski definition) is 4. The first kappa shape index (κ1) is 24.9. The molecule has 0 spiro atoms. The van der Waals surface area contributed by atoms with E-state index in [4.69, 9.17) is 4.74 Å². The van der Waals surface area contributed by atoms with Crippen LogP contribution in [0, 0.1) is 0 Å². The minimum absolute atomic E-state index is 0.210. The summed E-state index contributed by atoms with van der Waals surface area (Å²) in [5.41, 5.74) is 3.56. The Kier molecular flexibility index (Phi) is 7.54. The second-order valence-electron chi connectivity index (χ2n) is 9.09. The zero-order chi connectivity index (χ0) is 26.3. The van der Waals surface area contributed by atoms with Crippen LogP contribution >= 0.6 is 0 Å². The summed E-state index contributed by atoms with van der Waals surface area (Å²) in [5.74, 6) is 0.179. The van der Waals surface area contributed by atoms with E-state index >= 15 is 0 Å². The van der Waals surface area contributed by atoms with Gasteiger partial charge in [0.15, 0.2) is 0 Å². The van der Waals surface area contributed by atoms with Crippen molar-refractivity contribution in [1.82, 2.24) is 20.1 Å². The average Bonchev–Trinajstić information content (AvgIpc) is 3.38. The Balaban J connectivity index is 1.37. The van der Waals surface area contributed by atoms with Gasteiger partial charge >= 0.3 is 0 Å². The Morgan fingerprint density at radius 3 is 2.34 bits per heavy atom. The lowest BCUT2D eigenvalue weighted by Crippen LogP contribution is -2.48. The molecule has 0 aliphatic carbocycles. The summed E-state index contributed by atoms with van der Waals surface area (Å²) in [7, 11) is 1.62. The van der Waals surface area contributed by atoms with Crippen LogP contribution in [-0.2, 0) is 4.79 Å². The van der Waals surface area contributed by atoms with E-state index in [1.54, 1.807) is 42.4 Å². The number of aromatic amines is 1. The van der Waals surface area contributed by atoms with Gasteiger partial charge in [-0.2, -0.15) is 0 Å². The van der Waals surface area contributed by atoms with Gasteiger partial charge in [0.05, 0.1) is 7.11 Å². The van der Waals surface area contributed by atoms with Gasteiger partial charge in [0.1, 0.15) is 11.4 Å². The Morgan fingerprint density at radius 2 is 1.63 bits per heavy atom. The lowest BCUT2D eigenvalue weighted by Gasteiger charge is -2.34. The van der Waals surface area contributed by atoms with Gasteiger partial charge in [-0.05, 0) is 54.2 Å². The molecule has 192 valence electrons. The molecule has 0 radical (unpaired) electrons. The maximum atomic E-state index is 13.7. The normalized spacial score (nSPS) is 14.2. The van der Waals surface area contributed by atoms with Gasteiger partial charge in [-0.3, -0.25) is 9.59 Å². The molecule has 0 atom stereocenters. The number of nitrogens with zero attached hydrogens (tertiary/aromatic N) is 2. The van der Waals surface area contributed by atoms with Gasteiger partial charge in [0.25, 0.3) is 11.8 Å². The molecule has 38 heavy (non-hydrogen) atoms. The van der Waals surface area contributed by atoms with E-state index in [0.29, 0.717) is 37.5 Å². The van der Waals surface area contributed by atoms with Gasteiger partial charge in [-0.25, -0.2) is 0 Å². The Bertz CT molecular complexity index is 1470. The van der Waals surface area contributed by atoms with Crippen molar-refractivity contribution >= 4 is 34.9 Å². The molecule has 4 aromatic rings. The molecule has 5 rings (SSSR count). The minimum atomic E-state index is -0.327. The van der Waals surface area contributed by atoms with Crippen LogP contribution in [0.5, 0.6) is 5.75 Å². The molecule has 7 heteroatoms. The van der Waals surface area contributed by atoms with Crippen molar-refractivity contribution in [2.45, 2.75) is 0 Å². The second kappa shape index (κ2) is 11.5. The fourth-order valence-electron chi connectivity index (χ4n) is 4.46. The molecular weight excluding hydrogens is 476 g/mol. The van der Waals surface area contributed by atoms with Crippen LogP contribution < -0.4 is 10.1 Å². The molecule has 2 heterocycles. The lowest BCUT2D eigenvalue weighted by molar-refractivity contribution is -0.128. The predicted molar refractivity (Wildman–Crippen MR) is 150 cm³/mol. The van der Waals surface area contributed by atoms with Crippen LogP contribution in [0.1, 0.15) is 21.5 Å². The fourth-order valence-corrected chi connectivity index (χ4v) is 4.46. The molecule has 3 aromatic carbocycles. The number of H-pyrrole nitrogens is 1. The first-order chi connectivity index (χ1) is 18.6. The first-order valence-corrected chi connectivity index (χ1v) is 12.6. The number of hydrogen-bond donors (Lipinski definition) is 2. The lowest BCUT2D eigenvalue weighted by atomic mass is 10.1. The van der Waals surface area contributed by atoms with E-state index in [1.807, 2.05) is 48.7 Å². The van der Waals surface area contributed by atoms with Crippen LogP contribution in [0.2, 0.25) is 0 Å². The van der Waals surface area contributed by atoms with Gasteiger partial charge in [0, 0.05) is 54.4 Å². The van der Waals surface area contributed by atoms with Crippen molar-refractivity contribution in [2.75, 3.05) is 33.3 Å². The number of benzene rings is 3. The van der Waals surface area contributed by atoms with E-state index < -0.39 is 0 Å². The van der Waals surface area contributed by atoms with Crippen molar-refractivity contribution in [3.63, 3.8) is 0 Å². The number of rotatable bonds is 7. The summed E-state index contributed by atoms with van der Waals surface area (Å²) in [4.78, 5) is 34.0. The summed E-state index contributed by atoms with van der Waals surface area (Å²) < 4.78 is 5.39. The molecule has 2 amide bonds. The van der Waals surface area contributed by atoms with Crippen LogP contribution in [0.15, 0.2) is 97.0 Å². The van der Waals surface area contributed by atoms with Crippen LogP contribution in [0.25, 0.3) is 23.1 Å². The van der Waals surface area contributed by atoms with E-state index in [2.05, 4.69) is 39.6 Å². The van der Waals surface area contributed by atoms with Crippen molar-refractivity contribution in [3.05, 3.63) is 114 Å². The smallest absolute Gasteiger partial charge is 0.270 e. The van der Waals surface area contributed by atoms with Gasteiger partial charge in [-0.1, -0.05) is 48.5 Å². The molecule has 2 N–H and O–H groups in total. The number of piperazine rings is 1. The molecule has 1 fully saturated rings. The van der Waals surface area contributed by atoms with Crippen molar-refractivity contribution in [1.29, 1.82) is 0 Å². The second-order valence-corrected chi connectivity index (χ2v) is 9.09. The summed E-state index contributed by atoms with van der Waals surface area (Å²) in [6.45, 7) is 2.52. The molecular formula is C31H30N4O3. The summed E-state index contributed by atoms with van der Waals surface area (Å²) in [6.07, 6.45) is 7.72. The zero-order valence-corrected chi connectivity index (χ0v) is 21.3. The molecule has 7 nitrogen and oxygen atoms in total. The van der Waals surface area contributed by atoms with Gasteiger partial charge in [0.2, 0.25) is 0 Å². The molecule has 0 bridgehead atoms. The van der Waals surface area contributed by atoms with Crippen molar-refractivity contribution in [2.24, 2.45) is 0 Å². The maximum Gasteiger partial charge on any atom is 0.270 e. The fraction of sp³-hybridized carbons (Fsp3) is 0.161. The molecule has 0 unspecified atom stereocenters. The number of nitrogens with one attached hydrogen (secondary N) is 2. The Morgan fingerprint density at radius 1 is 0.921 bits per heavy atom. The van der Waals surface area contributed by atoms with E-state index in [0.717, 1.165) is 22.0 Å². The molecule has 0 saturated carbocycles. The number of ether oxygens (including phenoxy) is 1. The van der Waals surface area contributed by atoms with Crippen molar-refractivity contribution in [3.8, 4) is 5.75 Å².